The van der Waals surface area contributed by atoms with Gasteiger partial charge in [-0.1, -0.05) is 12.1 Å². The smallest absolute Gasteiger partial charge is 0.123 e. The summed E-state index contributed by atoms with van der Waals surface area (Å²) in [5, 5.41) is 9.75. The van der Waals surface area contributed by atoms with E-state index in [9.17, 15) is 5.11 Å². The molecule has 1 unspecified atom stereocenters. The average Bonchev–Trinajstić information content (AvgIpc) is 2.84. The number of aliphatic hydroxyl groups excluding tert-OH is 1. The molecule has 1 aromatic rings. The molecule has 1 fully saturated rings. The number of aliphatic hydroxyl groups is 1. The highest BCUT2D eigenvalue weighted by Gasteiger charge is 2.48. The van der Waals surface area contributed by atoms with Crippen molar-refractivity contribution >= 4 is 0 Å². The van der Waals surface area contributed by atoms with Crippen LogP contribution in [0.2, 0.25) is 0 Å². The molecular formula is C13H17NO2. The summed E-state index contributed by atoms with van der Waals surface area (Å²) in [7, 11) is 1.71. The van der Waals surface area contributed by atoms with Gasteiger partial charge in [0, 0.05) is 12.1 Å². The lowest BCUT2D eigenvalue weighted by Gasteiger charge is -2.30. The molecule has 16 heavy (non-hydrogen) atoms. The van der Waals surface area contributed by atoms with Gasteiger partial charge in [-0.05, 0) is 31.0 Å². The lowest BCUT2D eigenvalue weighted by Crippen LogP contribution is -2.38. The number of hydrogen-bond acceptors (Lipinski definition) is 3. The van der Waals surface area contributed by atoms with Gasteiger partial charge in [-0.25, -0.2) is 0 Å². The monoisotopic (exact) mass is 219 g/mol. The molecule has 86 valence electrons. The zero-order valence-electron chi connectivity index (χ0n) is 9.57. The van der Waals surface area contributed by atoms with Crippen LogP contribution in [-0.2, 0) is 12.1 Å². The first kappa shape index (κ1) is 10.1. The van der Waals surface area contributed by atoms with Gasteiger partial charge in [0.1, 0.15) is 5.75 Å². The Labute approximate surface area is 95.6 Å². The lowest BCUT2D eigenvalue weighted by molar-refractivity contribution is 0.0751. The SMILES string of the molecule is COc1cccc2c1CN1CCCC21CO. The third-order valence-corrected chi connectivity index (χ3v) is 4.09. The van der Waals surface area contributed by atoms with E-state index in [-0.39, 0.29) is 12.1 Å². The quantitative estimate of drug-likeness (QED) is 0.818. The Morgan fingerprint density at radius 2 is 2.38 bits per heavy atom. The van der Waals surface area contributed by atoms with E-state index in [1.54, 1.807) is 7.11 Å². The summed E-state index contributed by atoms with van der Waals surface area (Å²) in [6, 6.07) is 6.17. The molecule has 1 atom stereocenters. The van der Waals surface area contributed by atoms with Crippen molar-refractivity contribution in [3.63, 3.8) is 0 Å². The number of methoxy groups -OCH3 is 1. The molecule has 3 rings (SSSR count). The minimum absolute atomic E-state index is 0.121. The van der Waals surface area contributed by atoms with Gasteiger partial charge in [0.2, 0.25) is 0 Å². The molecule has 0 spiro atoms. The fourth-order valence-corrected chi connectivity index (χ4v) is 3.28. The third-order valence-electron chi connectivity index (χ3n) is 4.09. The third kappa shape index (κ3) is 1.10. The molecule has 0 aromatic heterocycles. The molecule has 1 aromatic carbocycles. The van der Waals surface area contributed by atoms with E-state index in [0.717, 1.165) is 25.3 Å². The van der Waals surface area contributed by atoms with Crippen molar-refractivity contribution in [2.24, 2.45) is 0 Å². The Bertz CT molecular complexity index is 418. The van der Waals surface area contributed by atoms with Crippen LogP contribution >= 0.6 is 0 Å². The summed E-state index contributed by atoms with van der Waals surface area (Å²) >= 11 is 0. The van der Waals surface area contributed by atoms with Gasteiger partial charge in [-0.15, -0.1) is 0 Å². The molecule has 1 N–H and O–H groups in total. The van der Waals surface area contributed by atoms with Crippen molar-refractivity contribution in [3.05, 3.63) is 29.3 Å². The maximum Gasteiger partial charge on any atom is 0.123 e. The molecule has 0 aliphatic carbocycles. The largest absolute Gasteiger partial charge is 0.496 e. The molecule has 1 saturated heterocycles. The summed E-state index contributed by atoms with van der Waals surface area (Å²) in [4.78, 5) is 2.39. The van der Waals surface area contributed by atoms with Gasteiger partial charge in [-0.2, -0.15) is 0 Å². The first-order valence-corrected chi connectivity index (χ1v) is 5.84. The molecule has 3 heteroatoms. The van der Waals surface area contributed by atoms with Crippen LogP contribution in [0.1, 0.15) is 24.0 Å². The number of nitrogens with zero attached hydrogens (tertiary/aromatic N) is 1. The first-order chi connectivity index (χ1) is 7.81. The molecule has 2 aliphatic rings. The van der Waals surface area contributed by atoms with E-state index in [2.05, 4.69) is 11.0 Å². The van der Waals surface area contributed by atoms with Gasteiger partial charge in [0.15, 0.2) is 0 Å². The second-order valence-electron chi connectivity index (χ2n) is 4.70. The zero-order valence-corrected chi connectivity index (χ0v) is 9.57. The number of ether oxygens (including phenoxy) is 1. The summed E-state index contributed by atoms with van der Waals surface area (Å²) < 4.78 is 5.40. The van der Waals surface area contributed by atoms with E-state index in [0.29, 0.717) is 0 Å². The molecule has 0 bridgehead atoms. The van der Waals surface area contributed by atoms with Crippen molar-refractivity contribution in [2.75, 3.05) is 20.3 Å². The van der Waals surface area contributed by atoms with Crippen molar-refractivity contribution in [1.29, 1.82) is 0 Å². The van der Waals surface area contributed by atoms with Crippen LogP contribution in [0.3, 0.4) is 0 Å². The van der Waals surface area contributed by atoms with Crippen LogP contribution in [0.25, 0.3) is 0 Å². The highest BCUT2D eigenvalue weighted by Crippen LogP contribution is 2.48. The molecule has 0 amide bonds. The summed E-state index contributed by atoms with van der Waals surface area (Å²) in [6.07, 6.45) is 2.24. The zero-order chi connectivity index (χ0) is 11.2. The molecule has 0 radical (unpaired) electrons. The van der Waals surface area contributed by atoms with E-state index in [1.807, 2.05) is 12.1 Å². The maximum absolute atomic E-state index is 9.75. The maximum atomic E-state index is 9.75. The Morgan fingerprint density at radius 1 is 1.50 bits per heavy atom. The highest BCUT2D eigenvalue weighted by molar-refractivity contribution is 5.48. The van der Waals surface area contributed by atoms with Gasteiger partial charge in [0.05, 0.1) is 19.3 Å². The van der Waals surface area contributed by atoms with E-state index in [1.165, 1.54) is 17.5 Å². The normalized spacial score (nSPS) is 27.9. The van der Waals surface area contributed by atoms with Crippen molar-refractivity contribution in [1.82, 2.24) is 4.90 Å². The van der Waals surface area contributed by atoms with Crippen molar-refractivity contribution in [2.45, 2.75) is 24.9 Å². The van der Waals surface area contributed by atoms with Crippen LogP contribution in [0.4, 0.5) is 0 Å². The summed E-state index contributed by atoms with van der Waals surface area (Å²) in [6.45, 7) is 2.21. The second kappa shape index (κ2) is 3.47. The van der Waals surface area contributed by atoms with Gasteiger partial charge < -0.3 is 9.84 Å². The van der Waals surface area contributed by atoms with Gasteiger partial charge in [-0.3, -0.25) is 4.90 Å². The lowest BCUT2D eigenvalue weighted by atomic mass is 9.88. The Morgan fingerprint density at radius 3 is 3.12 bits per heavy atom. The molecule has 2 aliphatic heterocycles. The Hall–Kier alpha value is -1.06. The Kier molecular flexibility index (Phi) is 2.19. The van der Waals surface area contributed by atoms with Crippen molar-refractivity contribution < 1.29 is 9.84 Å². The Balaban J connectivity index is 2.15. The summed E-state index contributed by atoms with van der Waals surface area (Å²) in [5.74, 6) is 0.958. The van der Waals surface area contributed by atoms with Crippen LogP contribution < -0.4 is 4.74 Å². The van der Waals surface area contributed by atoms with Crippen LogP contribution in [0.15, 0.2) is 18.2 Å². The minimum atomic E-state index is -0.121. The number of benzene rings is 1. The number of rotatable bonds is 2. The molecule has 3 nitrogen and oxygen atoms in total. The van der Waals surface area contributed by atoms with E-state index >= 15 is 0 Å². The number of fused-ring (bicyclic) bond motifs is 3. The second-order valence-corrected chi connectivity index (χ2v) is 4.70. The van der Waals surface area contributed by atoms with E-state index in [4.69, 9.17) is 4.74 Å². The predicted octanol–water partition coefficient (Wildman–Crippen LogP) is 1.49. The minimum Gasteiger partial charge on any atom is -0.496 e. The fraction of sp³-hybridized carbons (Fsp3) is 0.538. The molecule has 2 heterocycles. The van der Waals surface area contributed by atoms with Crippen molar-refractivity contribution in [3.8, 4) is 5.75 Å². The topological polar surface area (TPSA) is 32.7 Å². The molecule has 0 saturated carbocycles. The van der Waals surface area contributed by atoms with Gasteiger partial charge >= 0.3 is 0 Å². The fourth-order valence-electron chi connectivity index (χ4n) is 3.28. The van der Waals surface area contributed by atoms with Crippen LogP contribution in [0.5, 0.6) is 5.75 Å². The molecular weight excluding hydrogens is 202 g/mol. The number of hydrogen-bond donors (Lipinski definition) is 1. The van der Waals surface area contributed by atoms with Crippen LogP contribution in [-0.4, -0.2) is 30.3 Å². The summed E-state index contributed by atoms with van der Waals surface area (Å²) in [5.41, 5.74) is 2.41. The highest BCUT2D eigenvalue weighted by atomic mass is 16.5. The average molecular weight is 219 g/mol. The van der Waals surface area contributed by atoms with Gasteiger partial charge in [0.25, 0.3) is 0 Å². The predicted molar refractivity (Wildman–Crippen MR) is 61.4 cm³/mol. The first-order valence-electron chi connectivity index (χ1n) is 5.84. The standard InChI is InChI=1S/C13H17NO2/c1-16-12-5-2-4-11-10(12)8-14-7-3-6-13(11,14)9-15/h2,4-5,15H,3,6-9H2,1H3. The van der Waals surface area contributed by atoms with E-state index < -0.39 is 0 Å². The van der Waals surface area contributed by atoms with Crippen LogP contribution in [0, 0.1) is 0 Å².